The fourth-order valence-electron chi connectivity index (χ4n) is 2.97. The summed E-state index contributed by atoms with van der Waals surface area (Å²) in [6.07, 6.45) is 9.59. The zero-order valence-electron chi connectivity index (χ0n) is 13.4. The van der Waals surface area contributed by atoms with E-state index in [-0.39, 0.29) is 5.91 Å². The Hall–Kier alpha value is -0.610. The number of amides is 1. The van der Waals surface area contributed by atoms with E-state index in [4.69, 9.17) is 10.5 Å². The van der Waals surface area contributed by atoms with E-state index in [9.17, 15) is 4.79 Å². The van der Waals surface area contributed by atoms with Crippen LogP contribution in [0.5, 0.6) is 0 Å². The van der Waals surface area contributed by atoms with Crippen LogP contribution in [-0.4, -0.2) is 31.2 Å². The Morgan fingerprint density at radius 3 is 2.75 bits per heavy atom. The van der Waals surface area contributed by atoms with Crippen LogP contribution in [0.4, 0.5) is 0 Å². The summed E-state index contributed by atoms with van der Waals surface area (Å²) in [6, 6.07) is 0. The molecule has 1 saturated carbocycles. The molecule has 1 rings (SSSR count). The Labute approximate surface area is 123 Å². The van der Waals surface area contributed by atoms with Crippen LogP contribution in [-0.2, 0) is 9.53 Å². The van der Waals surface area contributed by atoms with Gasteiger partial charge >= 0.3 is 0 Å². The fourth-order valence-corrected chi connectivity index (χ4v) is 2.97. The Bertz CT molecular complexity index is 296. The summed E-state index contributed by atoms with van der Waals surface area (Å²) >= 11 is 0. The second kappa shape index (κ2) is 8.63. The highest BCUT2D eigenvalue weighted by Gasteiger charge is 2.28. The van der Waals surface area contributed by atoms with Gasteiger partial charge in [0.25, 0.3) is 0 Å². The summed E-state index contributed by atoms with van der Waals surface area (Å²) in [5.41, 5.74) is 4.83. The van der Waals surface area contributed by atoms with Crippen LogP contribution in [0.1, 0.15) is 65.2 Å². The topological polar surface area (TPSA) is 64.3 Å². The van der Waals surface area contributed by atoms with Crippen LogP contribution in [0.3, 0.4) is 0 Å². The molecule has 3 unspecified atom stereocenters. The molecule has 3 N–H and O–H groups in total. The minimum atomic E-state index is -0.585. The standard InChI is InChI=1S/C16H32N2O2/c1-4-13-8-7-9-14(12-13)20-11-6-5-10-16(2,18-3)15(17)19/h13-14,18H,4-12H2,1-3H3,(H2,17,19). The van der Waals surface area contributed by atoms with Gasteiger partial charge in [0.2, 0.25) is 5.91 Å². The summed E-state index contributed by atoms with van der Waals surface area (Å²) in [7, 11) is 1.79. The molecule has 1 aliphatic carbocycles. The third-order valence-corrected chi connectivity index (χ3v) is 4.83. The van der Waals surface area contributed by atoms with Crippen LogP contribution >= 0.6 is 0 Å². The fraction of sp³-hybridized carbons (Fsp3) is 0.938. The van der Waals surface area contributed by atoms with Crippen molar-refractivity contribution in [3.8, 4) is 0 Å². The normalized spacial score (nSPS) is 26.1. The van der Waals surface area contributed by atoms with Gasteiger partial charge in [-0.1, -0.05) is 26.2 Å². The lowest BCUT2D eigenvalue weighted by Gasteiger charge is -2.29. The predicted octanol–water partition coefficient (Wildman–Crippen LogP) is 2.61. The van der Waals surface area contributed by atoms with Crippen molar-refractivity contribution >= 4 is 5.91 Å². The van der Waals surface area contributed by atoms with E-state index in [2.05, 4.69) is 12.2 Å². The zero-order chi connectivity index (χ0) is 15.0. The molecule has 0 aromatic rings. The molecule has 1 amide bonds. The molecule has 0 heterocycles. The number of rotatable bonds is 9. The number of nitrogens with one attached hydrogen (secondary N) is 1. The average Bonchev–Trinajstić information content (AvgIpc) is 2.46. The molecule has 118 valence electrons. The van der Waals surface area contributed by atoms with Crippen LogP contribution in [0, 0.1) is 5.92 Å². The van der Waals surface area contributed by atoms with Gasteiger partial charge in [0.05, 0.1) is 11.6 Å². The number of carbonyl (C=O) groups is 1. The molecular weight excluding hydrogens is 252 g/mol. The largest absolute Gasteiger partial charge is 0.378 e. The average molecular weight is 284 g/mol. The van der Waals surface area contributed by atoms with Crippen molar-refractivity contribution < 1.29 is 9.53 Å². The molecule has 0 aromatic heterocycles. The Morgan fingerprint density at radius 1 is 1.40 bits per heavy atom. The second-order valence-electron chi connectivity index (χ2n) is 6.34. The van der Waals surface area contributed by atoms with Crippen molar-refractivity contribution in [2.24, 2.45) is 11.7 Å². The van der Waals surface area contributed by atoms with Gasteiger partial charge in [-0.2, -0.15) is 0 Å². The van der Waals surface area contributed by atoms with Crippen molar-refractivity contribution in [1.29, 1.82) is 0 Å². The molecule has 4 heteroatoms. The quantitative estimate of drug-likeness (QED) is 0.640. The van der Waals surface area contributed by atoms with Gasteiger partial charge in [0, 0.05) is 6.61 Å². The first-order chi connectivity index (χ1) is 9.51. The van der Waals surface area contributed by atoms with Gasteiger partial charge in [-0.05, 0) is 52.0 Å². The van der Waals surface area contributed by atoms with E-state index >= 15 is 0 Å². The number of carbonyl (C=O) groups excluding carboxylic acids is 1. The van der Waals surface area contributed by atoms with E-state index in [0.29, 0.717) is 6.10 Å². The number of hydrogen-bond donors (Lipinski definition) is 2. The lowest BCUT2D eigenvalue weighted by Crippen LogP contribution is -2.51. The van der Waals surface area contributed by atoms with Gasteiger partial charge in [-0.3, -0.25) is 4.79 Å². The highest BCUT2D eigenvalue weighted by molar-refractivity contribution is 5.84. The molecule has 0 saturated heterocycles. The van der Waals surface area contributed by atoms with Crippen molar-refractivity contribution in [2.75, 3.05) is 13.7 Å². The van der Waals surface area contributed by atoms with Gasteiger partial charge in [-0.25, -0.2) is 0 Å². The molecule has 20 heavy (non-hydrogen) atoms. The highest BCUT2D eigenvalue weighted by Crippen LogP contribution is 2.28. The Kier molecular flexibility index (Phi) is 7.52. The monoisotopic (exact) mass is 284 g/mol. The molecule has 0 bridgehead atoms. The molecular formula is C16H32N2O2. The molecule has 0 spiro atoms. The summed E-state index contributed by atoms with van der Waals surface area (Å²) < 4.78 is 5.99. The first kappa shape index (κ1) is 17.4. The summed E-state index contributed by atoms with van der Waals surface area (Å²) in [5.74, 6) is 0.579. The number of nitrogens with two attached hydrogens (primary N) is 1. The second-order valence-corrected chi connectivity index (χ2v) is 6.34. The maximum absolute atomic E-state index is 11.4. The van der Waals surface area contributed by atoms with E-state index in [1.54, 1.807) is 7.05 Å². The molecule has 4 nitrogen and oxygen atoms in total. The maximum atomic E-state index is 11.4. The van der Waals surface area contributed by atoms with Crippen molar-refractivity contribution in [2.45, 2.75) is 76.9 Å². The lowest BCUT2D eigenvalue weighted by molar-refractivity contribution is -0.123. The van der Waals surface area contributed by atoms with Gasteiger partial charge < -0.3 is 15.8 Å². The SMILES string of the molecule is CCC1CCCC(OCCCCC(C)(NC)C(N)=O)C1. The maximum Gasteiger partial charge on any atom is 0.237 e. The van der Waals surface area contributed by atoms with E-state index in [0.717, 1.165) is 31.8 Å². The summed E-state index contributed by atoms with van der Waals surface area (Å²) in [5, 5.41) is 3.02. The first-order valence-electron chi connectivity index (χ1n) is 8.12. The number of ether oxygens (including phenoxy) is 1. The number of likely N-dealkylation sites (N-methyl/N-ethyl adjacent to an activating group) is 1. The van der Waals surface area contributed by atoms with Crippen LogP contribution < -0.4 is 11.1 Å². The van der Waals surface area contributed by atoms with Crippen molar-refractivity contribution in [3.05, 3.63) is 0 Å². The van der Waals surface area contributed by atoms with Crippen LogP contribution in [0.15, 0.2) is 0 Å². The molecule has 0 aliphatic heterocycles. The molecule has 1 fully saturated rings. The minimum absolute atomic E-state index is 0.279. The first-order valence-corrected chi connectivity index (χ1v) is 8.12. The zero-order valence-corrected chi connectivity index (χ0v) is 13.4. The number of unbranched alkanes of at least 4 members (excludes halogenated alkanes) is 1. The van der Waals surface area contributed by atoms with Gasteiger partial charge in [0.15, 0.2) is 0 Å². The molecule has 0 aromatic carbocycles. The Morgan fingerprint density at radius 2 is 2.15 bits per heavy atom. The summed E-state index contributed by atoms with van der Waals surface area (Å²) in [6.45, 7) is 4.94. The lowest BCUT2D eigenvalue weighted by atomic mass is 9.85. The highest BCUT2D eigenvalue weighted by atomic mass is 16.5. The molecule has 3 atom stereocenters. The van der Waals surface area contributed by atoms with Crippen LogP contribution in [0.25, 0.3) is 0 Å². The van der Waals surface area contributed by atoms with Gasteiger partial charge in [-0.15, -0.1) is 0 Å². The minimum Gasteiger partial charge on any atom is -0.378 e. The predicted molar refractivity (Wildman–Crippen MR) is 82.5 cm³/mol. The number of primary amides is 1. The third-order valence-electron chi connectivity index (χ3n) is 4.83. The summed E-state index contributed by atoms with van der Waals surface area (Å²) in [4.78, 5) is 11.4. The van der Waals surface area contributed by atoms with E-state index in [1.807, 2.05) is 6.92 Å². The van der Waals surface area contributed by atoms with Crippen molar-refractivity contribution in [3.63, 3.8) is 0 Å². The van der Waals surface area contributed by atoms with Gasteiger partial charge in [0.1, 0.15) is 0 Å². The smallest absolute Gasteiger partial charge is 0.237 e. The van der Waals surface area contributed by atoms with E-state index < -0.39 is 5.54 Å². The van der Waals surface area contributed by atoms with Crippen LogP contribution in [0.2, 0.25) is 0 Å². The number of hydrogen-bond acceptors (Lipinski definition) is 3. The van der Waals surface area contributed by atoms with Crippen molar-refractivity contribution in [1.82, 2.24) is 5.32 Å². The molecule has 1 aliphatic rings. The molecule has 0 radical (unpaired) electrons. The van der Waals surface area contributed by atoms with E-state index in [1.165, 1.54) is 32.1 Å². The Balaban J connectivity index is 2.14. The third kappa shape index (κ3) is 5.41.